The van der Waals surface area contributed by atoms with Crippen LogP contribution >= 0.6 is 0 Å². The molecule has 3 N–H and O–H groups in total. The highest BCUT2D eigenvalue weighted by atomic mass is 16.5. The summed E-state index contributed by atoms with van der Waals surface area (Å²) in [7, 11) is 0. The van der Waals surface area contributed by atoms with Gasteiger partial charge in [-0.25, -0.2) is 0 Å². The fourth-order valence-electron chi connectivity index (χ4n) is 11.4. The number of aliphatic hydroxyl groups is 2. The van der Waals surface area contributed by atoms with Crippen LogP contribution in [0.2, 0.25) is 0 Å². The maximum atomic E-state index is 12.6. The number of ether oxygens (including phenoxy) is 1. The van der Waals surface area contributed by atoms with Gasteiger partial charge in [-0.3, -0.25) is 9.59 Å². The summed E-state index contributed by atoms with van der Waals surface area (Å²) in [6, 6.07) is -0.545. The molecular weight excluding hydrogens is 983 g/mol. The number of hydrogen-bond acceptors (Lipinski definition) is 5. The highest BCUT2D eigenvalue weighted by Gasteiger charge is 2.20. The van der Waals surface area contributed by atoms with Gasteiger partial charge < -0.3 is 20.3 Å². The van der Waals surface area contributed by atoms with E-state index in [1.807, 2.05) is 0 Å². The third-order valence-electron chi connectivity index (χ3n) is 16.9. The molecule has 80 heavy (non-hydrogen) atoms. The van der Waals surface area contributed by atoms with Crippen molar-refractivity contribution in [2.45, 2.75) is 411 Å². The van der Waals surface area contributed by atoms with Gasteiger partial charge >= 0.3 is 5.97 Å². The molecule has 472 valence electrons. The number of aliphatic hydroxyl groups excluding tert-OH is 2. The smallest absolute Gasteiger partial charge is 0.305 e. The Balaban J connectivity index is 3.40. The number of hydrogen-bond donors (Lipinski definition) is 3. The monoisotopic (exact) mass is 1120 g/mol. The molecule has 0 heterocycles. The molecule has 0 aliphatic heterocycles. The van der Waals surface area contributed by atoms with Crippen LogP contribution in [-0.4, -0.2) is 47.4 Å². The van der Waals surface area contributed by atoms with Crippen LogP contribution in [0.25, 0.3) is 0 Å². The maximum Gasteiger partial charge on any atom is 0.305 e. The summed E-state index contributed by atoms with van der Waals surface area (Å²) >= 11 is 0. The minimum Gasteiger partial charge on any atom is -0.466 e. The third kappa shape index (κ3) is 65.2. The number of allylic oxidation sites excluding steroid dienone is 6. The number of rotatable bonds is 68. The van der Waals surface area contributed by atoms with Crippen LogP contribution in [0, 0.1) is 0 Å². The van der Waals surface area contributed by atoms with Gasteiger partial charge in [0.1, 0.15) is 0 Å². The Morgan fingerprint density at radius 2 is 0.625 bits per heavy atom. The Bertz CT molecular complexity index is 1300. The summed E-state index contributed by atoms with van der Waals surface area (Å²) in [6.45, 7) is 4.96. The summed E-state index contributed by atoms with van der Waals surface area (Å²) in [4.78, 5) is 24.6. The van der Waals surface area contributed by atoms with Gasteiger partial charge in [0.2, 0.25) is 5.91 Å². The molecule has 0 aromatic carbocycles. The molecule has 0 bridgehead atoms. The van der Waals surface area contributed by atoms with E-state index in [0.717, 1.165) is 51.4 Å². The fraction of sp³-hybridized carbons (Fsp3) is 0.892. The first-order chi connectivity index (χ1) is 39.5. The molecule has 0 aliphatic carbocycles. The van der Waals surface area contributed by atoms with Crippen molar-refractivity contribution in [3.8, 4) is 0 Å². The number of esters is 1. The van der Waals surface area contributed by atoms with Crippen LogP contribution in [0.15, 0.2) is 36.5 Å². The van der Waals surface area contributed by atoms with Crippen molar-refractivity contribution in [2.24, 2.45) is 0 Å². The highest BCUT2D eigenvalue weighted by molar-refractivity contribution is 5.76. The van der Waals surface area contributed by atoms with Crippen molar-refractivity contribution in [3.63, 3.8) is 0 Å². The minimum atomic E-state index is -0.668. The molecule has 0 radical (unpaired) electrons. The zero-order valence-corrected chi connectivity index (χ0v) is 54.1. The predicted octanol–water partition coefficient (Wildman–Crippen LogP) is 23.5. The van der Waals surface area contributed by atoms with Gasteiger partial charge in [-0.15, -0.1) is 0 Å². The van der Waals surface area contributed by atoms with Crippen molar-refractivity contribution >= 4 is 11.9 Å². The molecular formula is C74H141NO5. The molecule has 0 rings (SSSR count). The average Bonchev–Trinajstić information content (AvgIpc) is 3.46. The van der Waals surface area contributed by atoms with Crippen molar-refractivity contribution < 1.29 is 24.5 Å². The molecule has 0 aromatic rings. The zero-order valence-electron chi connectivity index (χ0n) is 54.1. The van der Waals surface area contributed by atoms with Crippen LogP contribution in [0.1, 0.15) is 399 Å². The van der Waals surface area contributed by atoms with Gasteiger partial charge in [-0.1, -0.05) is 339 Å². The first-order valence-electron chi connectivity index (χ1n) is 36.2. The number of carbonyl (C=O) groups excluding carboxylic acids is 2. The van der Waals surface area contributed by atoms with Crippen molar-refractivity contribution in [1.29, 1.82) is 0 Å². The van der Waals surface area contributed by atoms with Crippen molar-refractivity contribution in [2.75, 3.05) is 13.2 Å². The Labute approximate surface area is 500 Å². The largest absolute Gasteiger partial charge is 0.466 e. The normalized spacial score (nSPS) is 12.7. The van der Waals surface area contributed by atoms with Gasteiger partial charge in [0, 0.05) is 12.8 Å². The molecule has 0 saturated heterocycles. The van der Waals surface area contributed by atoms with E-state index >= 15 is 0 Å². The van der Waals surface area contributed by atoms with E-state index in [9.17, 15) is 19.8 Å². The number of nitrogens with one attached hydrogen (secondary N) is 1. The van der Waals surface area contributed by atoms with Gasteiger partial charge in [-0.2, -0.15) is 0 Å². The Kier molecular flexibility index (Phi) is 67.9. The predicted molar refractivity (Wildman–Crippen MR) is 352 cm³/mol. The van der Waals surface area contributed by atoms with Crippen LogP contribution < -0.4 is 5.32 Å². The Morgan fingerprint density at radius 1 is 0.350 bits per heavy atom. The Morgan fingerprint density at radius 3 is 0.975 bits per heavy atom. The molecule has 2 unspecified atom stereocenters. The molecule has 2 atom stereocenters. The highest BCUT2D eigenvalue weighted by Crippen LogP contribution is 2.19. The molecule has 0 spiro atoms. The SMILES string of the molecule is CCCCCC/C=C\C/C=C\CCCCCCCC(=O)OCCCCCCCCCCCCCC/C=C\CCCCCCCCCCCC(=O)NC(CO)C(O)CCCCCCCCCCCCCCCCCCCCCCCC. The first-order valence-corrected chi connectivity index (χ1v) is 36.2. The molecule has 1 amide bonds. The Hall–Kier alpha value is -1.92. The standard InChI is InChI=1S/C74H141NO5/c1-3-5-7-9-11-13-15-17-19-21-22-23-29-32-35-38-42-46-50-54-58-62-66-72(77)71(70-76)75-73(78)67-63-59-55-51-47-43-39-36-33-30-27-25-24-26-28-31-34-37-41-45-49-53-57-61-65-69-80-74(79)68-64-60-56-52-48-44-40-20-18-16-14-12-10-8-6-4-2/h14,16,20,25,27,40,71-72,76-77H,3-13,15,17-19,21-24,26,28-39,41-70H2,1-2H3,(H,75,78)/b16-14-,27-25-,40-20-. The van der Waals surface area contributed by atoms with E-state index in [1.165, 1.54) is 315 Å². The third-order valence-corrected chi connectivity index (χ3v) is 16.9. The van der Waals surface area contributed by atoms with Crippen molar-refractivity contribution in [3.05, 3.63) is 36.5 Å². The lowest BCUT2D eigenvalue weighted by atomic mass is 10.0. The number of carbonyl (C=O) groups is 2. The van der Waals surface area contributed by atoms with Crippen LogP contribution in [0.4, 0.5) is 0 Å². The number of amides is 1. The zero-order chi connectivity index (χ0) is 57.8. The lowest BCUT2D eigenvalue weighted by Crippen LogP contribution is -2.45. The molecule has 0 aliphatic rings. The average molecular weight is 1120 g/mol. The quantitative estimate of drug-likeness (QED) is 0.0320. The van der Waals surface area contributed by atoms with Gasteiger partial charge in [-0.05, 0) is 83.5 Å². The second-order valence-corrected chi connectivity index (χ2v) is 24.9. The van der Waals surface area contributed by atoms with Gasteiger partial charge in [0.05, 0.1) is 25.4 Å². The summed E-state index contributed by atoms with van der Waals surface area (Å²) in [6.07, 6.45) is 89.1. The summed E-state index contributed by atoms with van der Waals surface area (Å²) in [5, 5.41) is 23.4. The van der Waals surface area contributed by atoms with E-state index in [2.05, 4.69) is 55.6 Å². The second-order valence-electron chi connectivity index (χ2n) is 24.9. The summed E-state index contributed by atoms with van der Waals surface area (Å²) < 4.78 is 5.49. The van der Waals surface area contributed by atoms with E-state index < -0.39 is 12.1 Å². The van der Waals surface area contributed by atoms with E-state index in [-0.39, 0.29) is 18.5 Å². The lowest BCUT2D eigenvalue weighted by Gasteiger charge is -2.22. The topological polar surface area (TPSA) is 95.9 Å². The van der Waals surface area contributed by atoms with Crippen LogP contribution in [-0.2, 0) is 14.3 Å². The van der Waals surface area contributed by atoms with Crippen LogP contribution in [0.5, 0.6) is 0 Å². The van der Waals surface area contributed by atoms with E-state index in [1.54, 1.807) is 0 Å². The second kappa shape index (κ2) is 69.6. The molecule has 0 fully saturated rings. The van der Waals surface area contributed by atoms with Gasteiger partial charge in [0.25, 0.3) is 0 Å². The minimum absolute atomic E-state index is 0.000648. The molecule has 0 saturated carbocycles. The lowest BCUT2D eigenvalue weighted by molar-refractivity contribution is -0.143. The van der Waals surface area contributed by atoms with Crippen molar-refractivity contribution in [1.82, 2.24) is 5.32 Å². The molecule has 0 aromatic heterocycles. The van der Waals surface area contributed by atoms with Crippen LogP contribution in [0.3, 0.4) is 0 Å². The first kappa shape index (κ1) is 78.1. The maximum absolute atomic E-state index is 12.6. The van der Waals surface area contributed by atoms with E-state index in [0.29, 0.717) is 25.9 Å². The number of unbranched alkanes of at least 4 members (excludes halogenated alkanes) is 51. The fourth-order valence-corrected chi connectivity index (χ4v) is 11.4. The van der Waals surface area contributed by atoms with E-state index in [4.69, 9.17) is 4.74 Å². The van der Waals surface area contributed by atoms with Gasteiger partial charge in [0.15, 0.2) is 0 Å². The molecule has 6 heteroatoms. The molecule has 6 nitrogen and oxygen atoms in total. The summed E-state index contributed by atoms with van der Waals surface area (Å²) in [5.41, 5.74) is 0. The summed E-state index contributed by atoms with van der Waals surface area (Å²) in [5.74, 6) is -0.0334.